The van der Waals surface area contributed by atoms with Crippen LogP contribution in [-0.2, 0) is 4.79 Å². The van der Waals surface area contributed by atoms with Crippen LogP contribution in [0.15, 0.2) is 29.4 Å². The average molecular weight is 275 g/mol. The Kier molecular flexibility index (Phi) is 5.19. The van der Waals surface area contributed by atoms with Crippen LogP contribution in [0.4, 0.5) is 0 Å². The lowest BCUT2D eigenvalue weighted by Gasteiger charge is -2.11. The smallest absolute Gasteiger partial charge is 0.328 e. The molecule has 2 atom stereocenters. The molecule has 1 aromatic rings. The van der Waals surface area contributed by atoms with Crippen LogP contribution in [0.25, 0.3) is 0 Å². The molecule has 1 heterocycles. The summed E-state index contributed by atoms with van der Waals surface area (Å²) in [7, 11) is 1.79. The predicted molar refractivity (Wildman–Crippen MR) is 64.1 cm³/mol. The van der Waals surface area contributed by atoms with Gasteiger partial charge in [0.1, 0.15) is 5.03 Å². The first kappa shape index (κ1) is 13.7. The number of carbonyl (C=O) groups is 1. The first-order valence-corrected chi connectivity index (χ1v) is 6.60. The van der Waals surface area contributed by atoms with E-state index in [4.69, 9.17) is 10.8 Å². The van der Waals surface area contributed by atoms with Gasteiger partial charge in [0.05, 0.1) is 0 Å². The van der Waals surface area contributed by atoms with Gasteiger partial charge in [-0.05, 0) is 33.7 Å². The highest BCUT2D eigenvalue weighted by atomic mass is 33.1. The average Bonchev–Trinajstić information content (AvgIpc) is 2.29. The second-order valence-electron chi connectivity index (χ2n) is 2.89. The normalized spacial score (nSPS) is 13.9. The lowest BCUT2D eigenvalue weighted by molar-refractivity contribution is -0.496. The third-order valence-electron chi connectivity index (χ3n) is 1.67. The molecule has 0 aromatic carbocycles. The van der Waals surface area contributed by atoms with E-state index in [1.54, 1.807) is 24.4 Å². The molecule has 0 bridgehead atoms. The summed E-state index contributed by atoms with van der Waals surface area (Å²) in [5.74, 6) is -1.40. The van der Waals surface area contributed by atoms with E-state index in [0.717, 1.165) is 21.6 Å². The fourth-order valence-electron chi connectivity index (χ4n) is 0.843. The highest BCUT2D eigenvalue weighted by Gasteiger charge is 2.35. The topological polar surface area (TPSA) is 119 Å². The Morgan fingerprint density at radius 2 is 2.29 bits per heavy atom. The molecule has 0 aliphatic carbocycles. The number of hydrogen-bond donors (Lipinski definition) is 2. The zero-order valence-electron chi connectivity index (χ0n) is 8.42. The first-order chi connectivity index (χ1) is 8.02. The second-order valence-corrected chi connectivity index (χ2v) is 5.23. The summed E-state index contributed by atoms with van der Waals surface area (Å²) in [5, 5.41) is 18.4. The van der Waals surface area contributed by atoms with Crippen LogP contribution in [-0.4, -0.2) is 32.4 Å². The number of rotatable bonds is 6. The molecule has 0 fully saturated rings. The van der Waals surface area contributed by atoms with Gasteiger partial charge < -0.3 is 10.8 Å². The molecule has 0 radical (unpaired) electrons. The minimum absolute atomic E-state index is 0.557. The largest absolute Gasteiger partial charge is 0.480 e. The number of carboxylic acid groups (broad SMARTS) is 1. The Balaban J connectivity index is 2.63. The summed E-state index contributed by atoms with van der Waals surface area (Å²) in [5.41, 5.74) is 5.23. The van der Waals surface area contributed by atoms with Crippen LogP contribution in [0.3, 0.4) is 0 Å². The molecule has 0 aliphatic rings. The van der Waals surface area contributed by atoms with Crippen molar-refractivity contribution in [3.05, 3.63) is 34.5 Å². The van der Waals surface area contributed by atoms with E-state index in [9.17, 15) is 14.9 Å². The number of pyridine rings is 1. The van der Waals surface area contributed by atoms with E-state index in [1.807, 2.05) is 0 Å². The Hall–Kier alpha value is -1.32. The van der Waals surface area contributed by atoms with Crippen molar-refractivity contribution in [3.63, 3.8) is 0 Å². The van der Waals surface area contributed by atoms with Crippen molar-refractivity contribution >= 4 is 27.6 Å². The molecule has 0 aliphatic heterocycles. The second kappa shape index (κ2) is 6.42. The van der Waals surface area contributed by atoms with E-state index >= 15 is 0 Å². The third kappa shape index (κ3) is 4.21. The van der Waals surface area contributed by atoms with Crippen LogP contribution in [0, 0.1) is 10.1 Å². The van der Waals surface area contributed by atoms with Gasteiger partial charge in [-0.1, -0.05) is 6.07 Å². The molecular weight excluding hydrogens is 266 g/mol. The Labute approximate surface area is 104 Å². The van der Waals surface area contributed by atoms with Gasteiger partial charge in [0.15, 0.2) is 6.04 Å². The Morgan fingerprint density at radius 3 is 2.76 bits per heavy atom. The number of nitrogens with zero attached hydrogens (tertiary/aromatic N) is 2. The van der Waals surface area contributed by atoms with Crippen molar-refractivity contribution in [1.82, 2.24) is 4.98 Å². The van der Waals surface area contributed by atoms with Gasteiger partial charge >= 0.3 is 5.97 Å². The number of aliphatic carboxylic acids is 1. The van der Waals surface area contributed by atoms with Gasteiger partial charge in [0.25, 0.3) is 5.37 Å². The molecular formula is C8H9N3O4S2. The maximum Gasteiger partial charge on any atom is 0.328 e. The van der Waals surface area contributed by atoms with Gasteiger partial charge in [-0.25, -0.2) is 4.98 Å². The minimum atomic E-state index is -1.55. The monoisotopic (exact) mass is 275 g/mol. The first-order valence-electron chi connectivity index (χ1n) is 4.38. The fraction of sp³-hybridized carbons (Fsp3) is 0.250. The van der Waals surface area contributed by atoms with Crippen LogP contribution < -0.4 is 5.73 Å². The number of hydrogen-bond acceptors (Lipinski definition) is 7. The molecule has 2 unspecified atom stereocenters. The number of carboxylic acids is 1. The van der Waals surface area contributed by atoms with Gasteiger partial charge in [-0.15, -0.1) is 0 Å². The quantitative estimate of drug-likeness (QED) is 0.339. The third-order valence-corrected chi connectivity index (χ3v) is 4.23. The number of nitrogens with two attached hydrogens (primary N) is 1. The SMILES string of the molecule is NC(C(=O)O)C(SSc1ccccn1)[N+](=O)[O-]. The zero-order valence-corrected chi connectivity index (χ0v) is 10.1. The highest BCUT2D eigenvalue weighted by molar-refractivity contribution is 8.76. The standard InChI is InChI=1S/C8H9N3O4S2/c9-6(8(12)13)7(11(14)15)17-16-5-3-1-2-4-10-5/h1-4,6-7H,9H2,(H,12,13). The molecule has 1 rings (SSSR count). The van der Waals surface area contributed by atoms with E-state index in [0.29, 0.717) is 5.03 Å². The lowest BCUT2D eigenvalue weighted by Crippen LogP contribution is -2.43. The number of nitro groups is 1. The van der Waals surface area contributed by atoms with Gasteiger partial charge in [-0.2, -0.15) is 0 Å². The summed E-state index contributed by atoms with van der Waals surface area (Å²) in [4.78, 5) is 24.5. The highest BCUT2D eigenvalue weighted by Crippen LogP contribution is 2.34. The summed E-state index contributed by atoms with van der Waals surface area (Å²) in [6, 6.07) is 3.56. The van der Waals surface area contributed by atoms with Gasteiger partial charge in [-0.3, -0.25) is 14.9 Å². The van der Waals surface area contributed by atoms with Crippen molar-refractivity contribution in [1.29, 1.82) is 0 Å². The van der Waals surface area contributed by atoms with E-state index < -0.39 is 22.3 Å². The zero-order chi connectivity index (χ0) is 12.8. The van der Waals surface area contributed by atoms with E-state index in [2.05, 4.69) is 4.98 Å². The molecule has 0 spiro atoms. The minimum Gasteiger partial charge on any atom is -0.480 e. The van der Waals surface area contributed by atoms with Crippen molar-refractivity contribution < 1.29 is 14.8 Å². The maximum absolute atomic E-state index is 10.7. The van der Waals surface area contributed by atoms with Crippen LogP contribution >= 0.6 is 21.6 Å². The summed E-state index contributed by atoms with van der Waals surface area (Å²) < 4.78 is 0. The van der Waals surface area contributed by atoms with Crippen LogP contribution in [0.1, 0.15) is 0 Å². The summed E-state index contributed by atoms with van der Waals surface area (Å²) >= 11 is 0. The summed E-state index contributed by atoms with van der Waals surface area (Å²) in [6.45, 7) is 0. The fourth-order valence-corrected chi connectivity index (χ4v) is 3.04. The molecule has 0 saturated heterocycles. The Bertz CT molecular complexity index is 403. The van der Waals surface area contributed by atoms with Crippen LogP contribution in [0.2, 0.25) is 0 Å². The molecule has 0 amide bonds. The van der Waals surface area contributed by atoms with Crippen molar-refractivity contribution in [3.8, 4) is 0 Å². The van der Waals surface area contributed by atoms with Crippen molar-refractivity contribution in [2.45, 2.75) is 16.4 Å². The molecule has 7 nitrogen and oxygen atoms in total. The molecule has 3 N–H and O–H groups in total. The van der Waals surface area contributed by atoms with Crippen molar-refractivity contribution in [2.75, 3.05) is 0 Å². The predicted octanol–water partition coefficient (Wildman–Crippen LogP) is 0.837. The number of aromatic nitrogens is 1. The molecule has 92 valence electrons. The molecule has 9 heteroatoms. The van der Waals surface area contributed by atoms with Crippen LogP contribution in [0.5, 0.6) is 0 Å². The molecule has 1 aromatic heterocycles. The molecule has 17 heavy (non-hydrogen) atoms. The Morgan fingerprint density at radius 1 is 1.59 bits per heavy atom. The summed E-state index contributed by atoms with van der Waals surface area (Å²) in [6.07, 6.45) is 1.54. The molecule has 0 saturated carbocycles. The van der Waals surface area contributed by atoms with E-state index in [1.165, 1.54) is 0 Å². The maximum atomic E-state index is 10.7. The van der Waals surface area contributed by atoms with Gasteiger partial charge in [0.2, 0.25) is 0 Å². The van der Waals surface area contributed by atoms with Gasteiger partial charge in [0, 0.05) is 11.1 Å². The lowest BCUT2D eigenvalue weighted by atomic mass is 10.3. The van der Waals surface area contributed by atoms with E-state index in [-0.39, 0.29) is 0 Å². The van der Waals surface area contributed by atoms with Crippen molar-refractivity contribution in [2.24, 2.45) is 5.73 Å².